The molecule has 0 aliphatic heterocycles. The summed E-state index contributed by atoms with van der Waals surface area (Å²) < 4.78 is 1.71. The van der Waals surface area contributed by atoms with Crippen LogP contribution in [0, 0.1) is 6.92 Å². The fraction of sp³-hybridized carbons (Fsp3) is 0.412. The highest BCUT2D eigenvalue weighted by atomic mass is 16.2. The number of rotatable bonds is 5. The number of benzene rings is 1. The van der Waals surface area contributed by atoms with Crippen LogP contribution >= 0.6 is 0 Å². The molecule has 1 aromatic carbocycles. The molecule has 112 valence electrons. The standard InChI is InChI=1S/C17H22N2O2/c1-4-18(5-2)16(20)10-11-19-15-9-7-6-8-14(15)12-13(3)17(19)21/h6-9,12H,4-5,10-11H2,1-3H3. The molecule has 0 N–H and O–H groups in total. The zero-order valence-electron chi connectivity index (χ0n) is 12.9. The Morgan fingerprint density at radius 1 is 1.19 bits per heavy atom. The van der Waals surface area contributed by atoms with Crippen molar-refractivity contribution in [1.29, 1.82) is 0 Å². The molecule has 0 radical (unpaired) electrons. The minimum atomic E-state index is -0.0129. The molecular weight excluding hydrogens is 264 g/mol. The Balaban J connectivity index is 2.32. The molecule has 0 spiro atoms. The number of carbonyl (C=O) groups excluding carboxylic acids is 1. The van der Waals surface area contributed by atoms with E-state index < -0.39 is 0 Å². The van der Waals surface area contributed by atoms with E-state index in [1.54, 1.807) is 9.47 Å². The molecule has 4 nitrogen and oxygen atoms in total. The molecular formula is C17H22N2O2. The Labute approximate surface area is 125 Å². The number of aromatic nitrogens is 1. The van der Waals surface area contributed by atoms with Crippen molar-refractivity contribution in [2.24, 2.45) is 0 Å². The molecule has 1 aromatic heterocycles. The topological polar surface area (TPSA) is 42.3 Å². The Hall–Kier alpha value is -2.10. The number of hydrogen-bond donors (Lipinski definition) is 0. The molecule has 0 aliphatic rings. The van der Waals surface area contributed by atoms with E-state index in [-0.39, 0.29) is 11.5 Å². The van der Waals surface area contributed by atoms with Gasteiger partial charge in [0, 0.05) is 31.6 Å². The van der Waals surface area contributed by atoms with Crippen LogP contribution in [0.25, 0.3) is 10.9 Å². The van der Waals surface area contributed by atoms with Crippen LogP contribution in [0.5, 0.6) is 0 Å². The third-order valence-corrected chi connectivity index (χ3v) is 3.85. The van der Waals surface area contributed by atoms with Crippen molar-refractivity contribution in [3.8, 4) is 0 Å². The quantitative estimate of drug-likeness (QED) is 0.847. The highest BCUT2D eigenvalue weighted by molar-refractivity contribution is 5.80. The highest BCUT2D eigenvalue weighted by Gasteiger charge is 2.12. The second-order valence-electron chi connectivity index (χ2n) is 5.16. The summed E-state index contributed by atoms with van der Waals surface area (Å²) in [7, 11) is 0. The molecule has 0 atom stereocenters. The normalized spacial score (nSPS) is 10.8. The van der Waals surface area contributed by atoms with Crippen LogP contribution in [0.1, 0.15) is 25.8 Å². The van der Waals surface area contributed by atoms with Crippen LogP contribution < -0.4 is 5.56 Å². The van der Waals surface area contributed by atoms with Gasteiger partial charge in [0.1, 0.15) is 0 Å². The Bertz CT molecular complexity index is 699. The lowest BCUT2D eigenvalue weighted by atomic mass is 10.1. The Morgan fingerprint density at radius 2 is 1.86 bits per heavy atom. The van der Waals surface area contributed by atoms with Crippen LogP contribution in [0.3, 0.4) is 0 Å². The molecule has 1 amide bonds. The Kier molecular flexibility index (Phi) is 4.78. The summed E-state index contributed by atoms with van der Waals surface area (Å²) >= 11 is 0. The molecule has 0 unspecified atom stereocenters. The van der Waals surface area contributed by atoms with E-state index in [1.165, 1.54) is 0 Å². The second-order valence-corrected chi connectivity index (χ2v) is 5.16. The summed E-state index contributed by atoms with van der Waals surface area (Å²) in [5.41, 5.74) is 1.59. The van der Waals surface area contributed by atoms with Gasteiger partial charge in [0.05, 0.1) is 5.52 Å². The van der Waals surface area contributed by atoms with Crippen molar-refractivity contribution in [2.45, 2.75) is 33.7 Å². The smallest absolute Gasteiger partial charge is 0.253 e. The maximum atomic E-state index is 12.3. The van der Waals surface area contributed by atoms with Gasteiger partial charge in [0.2, 0.25) is 5.91 Å². The average Bonchev–Trinajstić information content (AvgIpc) is 2.49. The van der Waals surface area contributed by atoms with Gasteiger partial charge in [-0.2, -0.15) is 0 Å². The molecule has 0 saturated heterocycles. The van der Waals surface area contributed by atoms with Crippen molar-refractivity contribution < 1.29 is 4.79 Å². The summed E-state index contributed by atoms with van der Waals surface area (Å²) in [6, 6.07) is 9.69. The fourth-order valence-electron chi connectivity index (χ4n) is 2.64. The lowest BCUT2D eigenvalue weighted by Gasteiger charge is -2.19. The molecule has 0 aliphatic carbocycles. The third kappa shape index (κ3) is 3.15. The van der Waals surface area contributed by atoms with E-state index in [1.807, 2.05) is 51.1 Å². The predicted octanol–water partition coefficient (Wildman–Crippen LogP) is 2.57. The number of carbonyl (C=O) groups is 1. The molecule has 0 bridgehead atoms. The fourth-order valence-corrected chi connectivity index (χ4v) is 2.64. The molecule has 2 rings (SSSR count). The summed E-state index contributed by atoms with van der Waals surface area (Å²) in [4.78, 5) is 26.3. The summed E-state index contributed by atoms with van der Waals surface area (Å²) in [6.07, 6.45) is 0.356. The van der Waals surface area contributed by atoms with Gasteiger partial charge >= 0.3 is 0 Å². The first-order valence-corrected chi connectivity index (χ1v) is 7.45. The van der Waals surface area contributed by atoms with Gasteiger partial charge in [0.25, 0.3) is 5.56 Å². The van der Waals surface area contributed by atoms with Crippen LogP contribution in [0.2, 0.25) is 0 Å². The minimum Gasteiger partial charge on any atom is -0.343 e. The minimum absolute atomic E-state index is 0.0129. The van der Waals surface area contributed by atoms with Gasteiger partial charge in [-0.3, -0.25) is 9.59 Å². The SMILES string of the molecule is CCN(CC)C(=O)CCn1c(=O)c(C)cc2ccccc21. The number of pyridine rings is 1. The number of fused-ring (bicyclic) bond motifs is 1. The van der Waals surface area contributed by atoms with Crippen LogP contribution in [-0.2, 0) is 11.3 Å². The first kappa shape index (κ1) is 15.3. The van der Waals surface area contributed by atoms with Crippen molar-refractivity contribution in [3.05, 3.63) is 46.2 Å². The van der Waals surface area contributed by atoms with Gasteiger partial charge in [-0.1, -0.05) is 18.2 Å². The van der Waals surface area contributed by atoms with Gasteiger partial charge in [-0.05, 0) is 38.3 Å². The number of para-hydroxylation sites is 1. The third-order valence-electron chi connectivity index (χ3n) is 3.85. The number of amides is 1. The summed E-state index contributed by atoms with van der Waals surface area (Å²) in [5, 5.41) is 1.03. The maximum Gasteiger partial charge on any atom is 0.253 e. The van der Waals surface area contributed by atoms with Crippen LogP contribution in [0.4, 0.5) is 0 Å². The summed E-state index contributed by atoms with van der Waals surface area (Å²) in [6.45, 7) is 7.59. The van der Waals surface area contributed by atoms with Crippen LogP contribution in [-0.4, -0.2) is 28.5 Å². The largest absolute Gasteiger partial charge is 0.343 e. The lowest BCUT2D eigenvalue weighted by molar-refractivity contribution is -0.131. The zero-order chi connectivity index (χ0) is 15.4. The van der Waals surface area contributed by atoms with E-state index >= 15 is 0 Å². The monoisotopic (exact) mass is 286 g/mol. The van der Waals surface area contributed by atoms with Gasteiger partial charge in [0.15, 0.2) is 0 Å². The first-order valence-electron chi connectivity index (χ1n) is 7.45. The average molecular weight is 286 g/mol. The predicted molar refractivity (Wildman–Crippen MR) is 85.5 cm³/mol. The van der Waals surface area contributed by atoms with E-state index in [9.17, 15) is 9.59 Å². The number of aryl methyl sites for hydroxylation is 2. The Morgan fingerprint density at radius 3 is 2.52 bits per heavy atom. The zero-order valence-corrected chi connectivity index (χ0v) is 12.9. The number of nitrogens with zero attached hydrogens (tertiary/aromatic N) is 2. The molecule has 1 heterocycles. The van der Waals surface area contributed by atoms with E-state index in [0.29, 0.717) is 31.6 Å². The van der Waals surface area contributed by atoms with Crippen molar-refractivity contribution >= 4 is 16.8 Å². The number of hydrogen-bond acceptors (Lipinski definition) is 2. The highest BCUT2D eigenvalue weighted by Crippen LogP contribution is 2.13. The van der Waals surface area contributed by atoms with E-state index in [2.05, 4.69) is 0 Å². The lowest BCUT2D eigenvalue weighted by Crippen LogP contribution is -2.32. The summed E-state index contributed by atoms with van der Waals surface area (Å²) in [5.74, 6) is 0.0949. The molecule has 0 fully saturated rings. The first-order chi connectivity index (χ1) is 10.1. The van der Waals surface area contributed by atoms with Gasteiger partial charge in [-0.15, -0.1) is 0 Å². The van der Waals surface area contributed by atoms with E-state index in [4.69, 9.17) is 0 Å². The second kappa shape index (κ2) is 6.57. The molecule has 21 heavy (non-hydrogen) atoms. The molecule has 2 aromatic rings. The van der Waals surface area contributed by atoms with Gasteiger partial charge in [-0.25, -0.2) is 0 Å². The molecule has 4 heteroatoms. The maximum absolute atomic E-state index is 12.3. The van der Waals surface area contributed by atoms with Crippen molar-refractivity contribution in [3.63, 3.8) is 0 Å². The van der Waals surface area contributed by atoms with Crippen molar-refractivity contribution in [2.75, 3.05) is 13.1 Å². The van der Waals surface area contributed by atoms with Crippen molar-refractivity contribution in [1.82, 2.24) is 9.47 Å². The van der Waals surface area contributed by atoms with E-state index in [0.717, 1.165) is 10.9 Å². The van der Waals surface area contributed by atoms with Gasteiger partial charge < -0.3 is 9.47 Å². The molecule has 0 saturated carbocycles. The van der Waals surface area contributed by atoms with Crippen LogP contribution in [0.15, 0.2) is 35.1 Å².